The largest absolute Gasteiger partial charge is 0.263 e. The van der Waals surface area contributed by atoms with E-state index in [1.54, 1.807) is 18.3 Å². The molecule has 0 bridgehead atoms. The summed E-state index contributed by atoms with van der Waals surface area (Å²) in [6.45, 7) is 3.94. The van der Waals surface area contributed by atoms with Crippen molar-refractivity contribution in [3.8, 4) is 0 Å². The normalized spacial score (nSPS) is 11.4. The van der Waals surface area contributed by atoms with Gasteiger partial charge in [-0.25, -0.2) is 13.4 Å². The Morgan fingerprint density at radius 2 is 1.91 bits per heavy atom. The first-order chi connectivity index (χ1) is 10.4. The fourth-order valence-corrected chi connectivity index (χ4v) is 3.58. The quantitative estimate of drug-likeness (QED) is 0.809. The van der Waals surface area contributed by atoms with E-state index in [0.29, 0.717) is 5.82 Å². The SMILES string of the molecule is CCCCc1ccc(S(=O)(=O)Nc2ncc(Br)cc2C)cc1. The fourth-order valence-electron chi connectivity index (χ4n) is 2.05. The minimum absolute atomic E-state index is 0.247. The number of hydrogen-bond acceptors (Lipinski definition) is 3. The van der Waals surface area contributed by atoms with Crippen molar-refractivity contribution in [3.63, 3.8) is 0 Å². The molecule has 0 radical (unpaired) electrons. The van der Waals surface area contributed by atoms with Crippen LogP contribution in [0.1, 0.15) is 30.9 Å². The molecule has 6 heteroatoms. The summed E-state index contributed by atoms with van der Waals surface area (Å²) >= 11 is 3.31. The van der Waals surface area contributed by atoms with Crippen LogP contribution in [0, 0.1) is 6.92 Å². The molecule has 1 aromatic carbocycles. The molecule has 0 amide bonds. The lowest BCUT2D eigenvalue weighted by Gasteiger charge is -2.10. The highest BCUT2D eigenvalue weighted by atomic mass is 79.9. The highest BCUT2D eigenvalue weighted by Gasteiger charge is 2.16. The average Bonchev–Trinajstić information content (AvgIpc) is 2.48. The number of aromatic nitrogens is 1. The number of sulfonamides is 1. The van der Waals surface area contributed by atoms with Gasteiger partial charge in [-0.15, -0.1) is 0 Å². The Kier molecular flexibility index (Phi) is 5.58. The number of aryl methyl sites for hydroxylation is 2. The molecule has 2 aromatic rings. The zero-order valence-corrected chi connectivity index (χ0v) is 15.0. The minimum atomic E-state index is -3.61. The monoisotopic (exact) mass is 382 g/mol. The summed E-state index contributed by atoms with van der Waals surface area (Å²) in [5, 5.41) is 0. The van der Waals surface area contributed by atoms with Crippen molar-refractivity contribution in [3.05, 3.63) is 52.1 Å². The number of hydrogen-bond donors (Lipinski definition) is 1. The number of nitrogens with zero attached hydrogens (tertiary/aromatic N) is 1. The molecule has 1 heterocycles. The maximum Gasteiger partial charge on any atom is 0.263 e. The van der Waals surface area contributed by atoms with Gasteiger partial charge in [0.2, 0.25) is 0 Å². The Balaban J connectivity index is 2.19. The Morgan fingerprint density at radius 1 is 1.23 bits per heavy atom. The third kappa shape index (κ3) is 4.30. The number of halogens is 1. The van der Waals surface area contributed by atoms with E-state index in [1.807, 2.05) is 25.1 Å². The van der Waals surface area contributed by atoms with Crippen LogP contribution >= 0.6 is 15.9 Å². The van der Waals surface area contributed by atoms with Crippen LogP contribution in [-0.2, 0) is 16.4 Å². The molecular weight excluding hydrogens is 364 g/mol. The lowest BCUT2D eigenvalue weighted by atomic mass is 10.1. The molecule has 22 heavy (non-hydrogen) atoms. The van der Waals surface area contributed by atoms with Crippen molar-refractivity contribution in [1.29, 1.82) is 0 Å². The third-order valence-electron chi connectivity index (χ3n) is 3.33. The second-order valence-electron chi connectivity index (χ2n) is 5.17. The van der Waals surface area contributed by atoms with Gasteiger partial charge in [0.1, 0.15) is 5.82 Å². The second-order valence-corrected chi connectivity index (χ2v) is 7.77. The molecule has 0 atom stereocenters. The summed E-state index contributed by atoms with van der Waals surface area (Å²) < 4.78 is 28.1. The lowest BCUT2D eigenvalue weighted by molar-refractivity contribution is 0.601. The predicted molar refractivity (Wildman–Crippen MR) is 92.5 cm³/mol. The first kappa shape index (κ1) is 17.0. The molecule has 0 unspecified atom stereocenters. The van der Waals surface area contributed by atoms with E-state index in [-0.39, 0.29) is 4.90 Å². The van der Waals surface area contributed by atoms with Crippen LogP contribution < -0.4 is 4.72 Å². The van der Waals surface area contributed by atoms with Crippen LogP contribution in [0.15, 0.2) is 45.9 Å². The van der Waals surface area contributed by atoms with Crippen molar-refractivity contribution in [2.75, 3.05) is 4.72 Å². The zero-order valence-electron chi connectivity index (χ0n) is 12.6. The molecule has 0 aliphatic heterocycles. The molecule has 0 spiro atoms. The van der Waals surface area contributed by atoms with Crippen molar-refractivity contribution < 1.29 is 8.42 Å². The summed E-state index contributed by atoms with van der Waals surface area (Å²) in [4.78, 5) is 4.36. The van der Waals surface area contributed by atoms with Gasteiger partial charge >= 0.3 is 0 Å². The highest BCUT2D eigenvalue weighted by molar-refractivity contribution is 9.10. The van der Waals surface area contributed by atoms with Gasteiger partial charge in [0.15, 0.2) is 0 Å². The molecule has 0 fully saturated rings. The number of unbranched alkanes of at least 4 members (excludes halogenated alkanes) is 1. The summed E-state index contributed by atoms with van der Waals surface area (Å²) in [5.41, 5.74) is 1.91. The number of nitrogens with one attached hydrogen (secondary N) is 1. The fraction of sp³-hybridized carbons (Fsp3) is 0.312. The van der Waals surface area contributed by atoms with Gasteiger partial charge in [-0.3, -0.25) is 4.72 Å². The number of pyridine rings is 1. The van der Waals surface area contributed by atoms with E-state index in [4.69, 9.17) is 0 Å². The molecule has 2 rings (SSSR count). The smallest absolute Gasteiger partial charge is 0.263 e. The highest BCUT2D eigenvalue weighted by Crippen LogP contribution is 2.21. The second kappa shape index (κ2) is 7.24. The van der Waals surface area contributed by atoms with E-state index < -0.39 is 10.0 Å². The van der Waals surface area contributed by atoms with Gasteiger partial charge in [0, 0.05) is 10.7 Å². The number of rotatable bonds is 6. The van der Waals surface area contributed by atoms with Gasteiger partial charge in [-0.1, -0.05) is 25.5 Å². The van der Waals surface area contributed by atoms with E-state index in [0.717, 1.165) is 34.9 Å². The maximum absolute atomic E-state index is 12.4. The van der Waals surface area contributed by atoms with Gasteiger partial charge < -0.3 is 0 Å². The van der Waals surface area contributed by atoms with Gasteiger partial charge in [-0.05, 0) is 65.0 Å². The molecule has 0 aliphatic rings. The van der Waals surface area contributed by atoms with Crippen LogP contribution in [-0.4, -0.2) is 13.4 Å². The van der Waals surface area contributed by atoms with E-state index in [1.165, 1.54) is 0 Å². The maximum atomic E-state index is 12.4. The first-order valence-corrected chi connectivity index (χ1v) is 9.44. The molecule has 1 aromatic heterocycles. The topological polar surface area (TPSA) is 59.1 Å². The van der Waals surface area contributed by atoms with E-state index in [9.17, 15) is 8.42 Å². The van der Waals surface area contributed by atoms with Crippen LogP contribution in [0.3, 0.4) is 0 Å². The Labute approximate surface area is 140 Å². The summed E-state index contributed by atoms with van der Waals surface area (Å²) in [7, 11) is -3.61. The summed E-state index contributed by atoms with van der Waals surface area (Å²) in [6.07, 6.45) is 4.76. The average molecular weight is 383 g/mol. The standard InChI is InChI=1S/C16H19BrN2O2S/c1-3-4-5-13-6-8-15(9-7-13)22(20,21)19-16-12(2)10-14(17)11-18-16/h6-11H,3-5H2,1-2H3,(H,18,19). The molecule has 0 aliphatic carbocycles. The Morgan fingerprint density at radius 3 is 2.50 bits per heavy atom. The van der Waals surface area contributed by atoms with E-state index >= 15 is 0 Å². The number of anilines is 1. The zero-order chi connectivity index (χ0) is 16.2. The molecule has 0 saturated heterocycles. The van der Waals surface area contributed by atoms with Crippen molar-refractivity contribution in [1.82, 2.24) is 4.98 Å². The van der Waals surface area contributed by atoms with E-state index in [2.05, 4.69) is 32.6 Å². The molecular formula is C16H19BrN2O2S. The Hall–Kier alpha value is -1.40. The van der Waals surface area contributed by atoms with Gasteiger partial charge in [0.25, 0.3) is 10.0 Å². The predicted octanol–water partition coefficient (Wildman–Crippen LogP) is 4.30. The molecule has 118 valence electrons. The first-order valence-electron chi connectivity index (χ1n) is 7.16. The van der Waals surface area contributed by atoms with Crippen LogP contribution in [0.4, 0.5) is 5.82 Å². The minimum Gasteiger partial charge on any atom is -0.263 e. The summed E-state index contributed by atoms with van der Waals surface area (Å²) in [6, 6.07) is 8.83. The molecule has 0 saturated carbocycles. The van der Waals surface area contributed by atoms with Crippen LogP contribution in [0.2, 0.25) is 0 Å². The van der Waals surface area contributed by atoms with Crippen LogP contribution in [0.25, 0.3) is 0 Å². The number of benzene rings is 1. The van der Waals surface area contributed by atoms with Gasteiger partial charge in [-0.2, -0.15) is 0 Å². The molecule has 1 N–H and O–H groups in total. The third-order valence-corrected chi connectivity index (χ3v) is 5.12. The van der Waals surface area contributed by atoms with Gasteiger partial charge in [0.05, 0.1) is 4.90 Å². The molecule has 4 nitrogen and oxygen atoms in total. The van der Waals surface area contributed by atoms with Crippen molar-refractivity contribution >= 4 is 31.8 Å². The van der Waals surface area contributed by atoms with Crippen molar-refractivity contribution in [2.24, 2.45) is 0 Å². The van der Waals surface area contributed by atoms with Crippen LogP contribution in [0.5, 0.6) is 0 Å². The van der Waals surface area contributed by atoms with Crippen molar-refractivity contribution in [2.45, 2.75) is 38.0 Å². The summed E-state index contributed by atoms with van der Waals surface area (Å²) in [5.74, 6) is 0.346. The lowest BCUT2D eigenvalue weighted by Crippen LogP contribution is -2.14. The Bertz CT molecular complexity index is 743.